The minimum absolute atomic E-state index is 0.691. The van der Waals surface area contributed by atoms with Crippen molar-refractivity contribution in [2.75, 3.05) is 12.4 Å². The van der Waals surface area contributed by atoms with Gasteiger partial charge in [0.05, 0.1) is 7.11 Å². The molecule has 0 spiro atoms. The number of carbonyl (C=O) groups is 1. The lowest BCUT2D eigenvalue weighted by Gasteiger charge is -2.11. The van der Waals surface area contributed by atoms with Crippen molar-refractivity contribution < 1.29 is 9.53 Å². The lowest BCUT2D eigenvalue weighted by atomic mass is 10.0. The minimum atomic E-state index is 0.691. The van der Waals surface area contributed by atoms with Crippen LogP contribution in [0.25, 0.3) is 0 Å². The predicted octanol–water partition coefficient (Wildman–Crippen LogP) is 3.81. The van der Waals surface area contributed by atoms with Crippen LogP contribution in [0.15, 0.2) is 46.9 Å². The second-order valence-electron chi connectivity index (χ2n) is 4.38. The maximum absolute atomic E-state index is 10.7. The number of anilines is 1. The lowest BCUT2D eigenvalue weighted by molar-refractivity contribution is -0.105. The second kappa shape index (κ2) is 7.10. The van der Waals surface area contributed by atoms with E-state index in [4.69, 9.17) is 4.74 Å². The number of amides is 1. The molecule has 2 rings (SSSR count). The van der Waals surface area contributed by atoms with Gasteiger partial charge in [-0.1, -0.05) is 40.2 Å². The van der Waals surface area contributed by atoms with Gasteiger partial charge in [-0.15, -0.1) is 0 Å². The fraction of sp³-hybridized carbons (Fsp3) is 0.188. The third-order valence-corrected chi connectivity index (χ3v) is 3.93. The lowest BCUT2D eigenvalue weighted by Crippen LogP contribution is -2.01. The van der Waals surface area contributed by atoms with Gasteiger partial charge in [0.15, 0.2) is 0 Å². The van der Waals surface area contributed by atoms with E-state index in [2.05, 4.69) is 27.3 Å². The van der Waals surface area contributed by atoms with Crippen LogP contribution in [0.5, 0.6) is 5.75 Å². The topological polar surface area (TPSA) is 38.3 Å². The number of methoxy groups -OCH3 is 1. The van der Waals surface area contributed by atoms with Gasteiger partial charge in [0.2, 0.25) is 6.41 Å². The first-order chi connectivity index (χ1) is 9.74. The van der Waals surface area contributed by atoms with Gasteiger partial charge in [0, 0.05) is 16.2 Å². The Morgan fingerprint density at radius 2 is 1.90 bits per heavy atom. The van der Waals surface area contributed by atoms with Crippen molar-refractivity contribution in [3.05, 3.63) is 58.1 Å². The third kappa shape index (κ3) is 3.61. The van der Waals surface area contributed by atoms with Gasteiger partial charge >= 0.3 is 0 Å². The molecular weight excluding hydrogens is 318 g/mol. The van der Waals surface area contributed by atoms with E-state index in [1.807, 2.05) is 36.4 Å². The van der Waals surface area contributed by atoms with Crippen molar-refractivity contribution in [1.29, 1.82) is 0 Å². The third-order valence-electron chi connectivity index (χ3n) is 3.15. The normalized spacial score (nSPS) is 10.1. The highest BCUT2D eigenvalue weighted by molar-refractivity contribution is 9.10. The summed E-state index contributed by atoms with van der Waals surface area (Å²) in [5.41, 5.74) is 3.14. The standard InChI is InChI=1S/C16H16BrNO2/c1-20-14-9-8-13(16(10-14)18-11-19)7-6-12-4-2-3-5-15(12)17/h2-5,8-11H,6-7H2,1H3,(H,18,19). The summed E-state index contributed by atoms with van der Waals surface area (Å²) >= 11 is 3.55. The van der Waals surface area contributed by atoms with E-state index in [-0.39, 0.29) is 0 Å². The monoisotopic (exact) mass is 333 g/mol. The van der Waals surface area contributed by atoms with E-state index in [1.54, 1.807) is 7.11 Å². The molecule has 0 aliphatic carbocycles. The van der Waals surface area contributed by atoms with Gasteiger partial charge < -0.3 is 10.1 Å². The maximum atomic E-state index is 10.7. The van der Waals surface area contributed by atoms with Crippen LogP contribution < -0.4 is 10.1 Å². The Morgan fingerprint density at radius 1 is 1.15 bits per heavy atom. The van der Waals surface area contributed by atoms with Crippen LogP contribution >= 0.6 is 15.9 Å². The van der Waals surface area contributed by atoms with Crippen molar-refractivity contribution in [2.24, 2.45) is 0 Å². The van der Waals surface area contributed by atoms with Crippen molar-refractivity contribution in [2.45, 2.75) is 12.8 Å². The molecule has 0 aliphatic heterocycles. The van der Waals surface area contributed by atoms with Gasteiger partial charge in [-0.25, -0.2) is 0 Å². The average molecular weight is 334 g/mol. The molecule has 20 heavy (non-hydrogen) atoms. The van der Waals surface area contributed by atoms with E-state index in [1.165, 1.54) is 5.56 Å². The van der Waals surface area contributed by atoms with Crippen molar-refractivity contribution in [3.8, 4) is 5.75 Å². The molecule has 2 aromatic carbocycles. The summed E-state index contributed by atoms with van der Waals surface area (Å²) in [6.07, 6.45) is 2.45. The van der Waals surface area contributed by atoms with Crippen molar-refractivity contribution in [3.63, 3.8) is 0 Å². The first-order valence-corrected chi connectivity index (χ1v) is 7.14. The molecule has 0 aliphatic rings. The minimum Gasteiger partial charge on any atom is -0.497 e. The molecule has 4 heteroatoms. The average Bonchev–Trinajstić information content (AvgIpc) is 2.47. The molecule has 0 atom stereocenters. The molecule has 0 saturated heterocycles. The van der Waals surface area contributed by atoms with Crippen LogP contribution in [-0.4, -0.2) is 13.5 Å². The van der Waals surface area contributed by atoms with Crippen LogP contribution in [0.3, 0.4) is 0 Å². The zero-order valence-electron chi connectivity index (χ0n) is 11.2. The first-order valence-electron chi connectivity index (χ1n) is 6.35. The molecule has 2 aromatic rings. The molecule has 0 fully saturated rings. The van der Waals surface area contributed by atoms with E-state index in [0.29, 0.717) is 6.41 Å². The fourth-order valence-electron chi connectivity index (χ4n) is 2.07. The number of carbonyl (C=O) groups excluding carboxylic acids is 1. The van der Waals surface area contributed by atoms with Crippen LogP contribution in [0.2, 0.25) is 0 Å². The Kier molecular flexibility index (Phi) is 5.18. The molecule has 1 amide bonds. The summed E-state index contributed by atoms with van der Waals surface area (Å²) < 4.78 is 6.28. The molecule has 0 saturated carbocycles. The molecule has 3 nitrogen and oxygen atoms in total. The molecule has 0 heterocycles. The van der Waals surface area contributed by atoms with Crippen molar-refractivity contribution >= 4 is 28.0 Å². The van der Waals surface area contributed by atoms with E-state index >= 15 is 0 Å². The molecular formula is C16H16BrNO2. The Balaban J connectivity index is 2.16. The highest BCUT2D eigenvalue weighted by Crippen LogP contribution is 2.25. The summed E-state index contributed by atoms with van der Waals surface area (Å²) in [7, 11) is 1.61. The first kappa shape index (κ1) is 14.6. The largest absolute Gasteiger partial charge is 0.497 e. The number of hydrogen-bond acceptors (Lipinski definition) is 2. The number of ether oxygens (including phenoxy) is 1. The predicted molar refractivity (Wildman–Crippen MR) is 84.2 cm³/mol. The number of halogens is 1. The summed E-state index contributed by atoms with van der Waals surface area (Å²) in [6, 6.07) is 13.9. The Bertz CT molecular complexity index is 599. The summed E-state index contributed by atoms with van der Waals surface area (Å²) in [4.78, 5) is 10.7. The van der Waals surface area contributed by atoms with E-state index < -0.39 is 0 Å². The van der Waals surface area contributed by atoms with Gasteiger partial charge in [0.1, 0.15) is 5.75 Å². The molecule has 0 radical (unpaired) electrons. The molecule has 1 N–H and O–H groups in total. The summed E-state index contributed by atoms with van der Waals surface area (Å²) in [6.45, 7) is 0. The quantitative estimate of drug-likeness (QED) is 0.816. The Labute approximate surface area is 127 Å². The fourth-order valence-corrected chi connectivity index (χ4v) is 2.55. The number of hydrogen-bond donors (Lipinski definition) is 1. The van der Waals surface area contributed by atoms with Crippen LogP contribution in [0.1, 0.15) is 11.1 Å². The SMILES string of the molecule is COc1ccc(CCc2ccccc2Br)c(NC=O)c1. The van der Waals surface area contributed by atoms with E-state index in [9.17, 15) is 4.79 Å². The molecule has 0 aromatic heterocycles. The van der Waals surface area contributed by atoms with Gasteiger partial charge in [-0.3, -0.25) is 4.79 Å². The van der Waals surface area contributed by atoms with Crippen LogP contribution in [0.4, 0.5) is 5.69 Å². The molecule has 0 bridgehead atoms. The smallest absolute Gasteiger partial charge is 0.211 e. The van der Waals surface area contributed by atoms with Gasteiger partial charge in [-0.05, 0) is 36.1 Å². The summed E-state index contributed by atoms with van der Waals surface area (Å²) in [5.74, 6) is 0.735. The van der Waals surface area contributed by atoms with Gasteiger partial charge in [-0.2, -0.15) is 0 Å². The number of rotatable bonds is 6. The number of benzene rings is 2. The zero-order valence-corrected chi connectivity index (χ0v) is 12.8. The highest BCUT2D eigenvalue weighted by atomic mass is 79.9. The van der Waals surface area contributed by atoms with Crippen molar-refractivity contribution in [1.82, 2.24) is 0 Å². The Hall–Kier alpha value is -1.81. The summed E-state index contributed by atoms with van der Waals surface area (Å²) in [5, 5.41) is 2.73. The Morgan fingerprint density at radius 3 is 2.60 bits per heavy atom. The number of nitrogens with one attached hydrogen (secondary N) is 1. The van der Waals surface area contributed by atoms with Gasteiger partial charge in [0.25, 0.3) is 0 Å². The number of aryl methyl sites for hydroxylation is 2. The molecule has 0 unspecified atom stereocenters. The zero-order chi connectivity index (χ0) is 14.4. The second-order valence-corrected chi connectivity index (χ2v) is 5.23. The van der Waals surface area contributed by atoms with Crippen LogP contribution in [-0.2, 0) is 17.6 Å². The highest BCUT2D eigenvalue weighted by Gasteiger charge is 2.06. The van der Waals surface area contributed by atoms with Crippen LogP contribution in [0, 0.1) is 0 Å². The van der Waals surface area contributed by atoms with E-state index in [0.717, 1.165) is 34.3 Å². The molecule has 104 valence electrons. The maximum Gasteiger partial charge on any atom is 0.211 e.